The molecule has 0 amide bonds. The molecule has 0 saturated heterocycles. The Kier molecular flexibility index (Phi) is 7.29. The van der Waals surface area contributed by atoms with E-state index in [1.54, 1.807) is 0 Å². The van der Waals surface area contributed by atoms with Crippen molar-refractivity contribution in [3.8, 4) is 11.7 Å². The van der Waals surface area contributed by atoms with Gasteiger partial charge in [0.15, 0.2) is 0 Å². The molecule has 0 rings (SSSR count). The predicted octanol–water partition coefficient (Wildman–Crippen LogP) is -1.04. The molecule has 0 aliphatic rings. The van der Waals surface area contributed by atoms with Crippen LogP contribution in [0.25, 0.3) is 0 Å². The topological polar surface area (TPSA) is 0 Å². The first-order valence-electron chi connectivity index (χ1n) is 2.30. The second-order valence-electron chi connectivity index (χ2n) is 1.62. The summed E-state index contributed by atoms with van der Waals surface area (Å²) in [5.74, 6) is 2.98. The first kappa shape index (κ1) is 13.4. The summed E-state index contributed by atoms with van der Waals surface area (Å²) in [6.07, 6.45) is 0. The van der Waals surface area contributed by atoms with Crippen LogP contribution in [0.15, 0.2) is 12.2 Å². The molecule has 0 aliphatic heterocycles. The van der Waals surface area contributed by atoms with E-state index in [0.29, 0.717) is 0 Å². The van der Waals surface area contributed by atoms with Crippen LogP contribution >= 0.6 is 0 Å². The van der Waals surface area contributed by atoms with Gasteiger partial charge < -0.3 is 12.9 Å². The van der Waals surface area contributed by atoms with Gasteiger partial charge in [-0.1, -0.05) is 6.58 Å². The van der Waals surface area contributed by atoms with Crippen molar-refractivity contribution < 1.29 is 64.3 Å². The third-order valence-corrected chi connectivity index (χ3v) is 0.449. The Labute approximate surface area is 101 Å². The molecule has 10 heavy (non-hydrogen) atoms. The van der Waals surface area contributed by atoms with Crippen LogP contribution in [-0.4, -0.2) is 6.98 Å². The van der Waals surface area contributed by atoms with Gasteiger partial charge in [0.25, 0.3) is 0 Å². The number of rotatable bonds is 0. The van der Waals surface area contributed by atoms with Gasteiger partial charge in [0, 0.05) is 0 Å². The summed E-state index contributed by atoms with van der Waals surface area (Å²) in [7, 11) is 0. The predicted molar refractivity (Wildman–Crippen MR) is 31.7 cm³/mol. The molecule has 5 heteroatoms. The minimum Gasteiger partial charge on any atom is -0.438 e. The van der Waals surface area contributed by atoms with Crippen molar-refractivity contribution in [1.82, 2.24) is 0 Å². The summed E-state index contributed by atoms with van der Waals surface area (Å²) >= 11 is 0. The van der Waals surface area contributed by atoms with Crippen molar-refractivity contribution in [3.05, 3.63) is 12.2 Å². The quantitative estimate of drug-likeness (QED) is 0.323. The van der Waals surface area contributed by atoms with Crippen molar-refractivity contribution in [2.24, 2.45) is 0 Å². The molecule has 0 aromatic rings. The average molecular weight is 172 g/mol. The summed E-state index contributed by atoms with van der Waals surface area (Å²) in [5.41, 5.74) is 0.231. The zero-order valence-electron chi connectivity index (χ0n) is 5.92. The summed E-state index contributed by atoms with van der Waals surface area (Å²) in [6.45, 7) is -0.333. The molecule has 0 aromatic carbocycles. The van der Waals surface area contributed by atoms with E-state index < -0.39 is 6.98 Å². The third kappa shape index (κ3) is 11.6. The van der Waals surface area contributed by atoms with Crippen LogP contribution in [-0.2, 0) is 0 Å². The standard InChI is InChI=1S/C5H5BF3.K/c1-5(2)3-4-6(7,8)9;/h1H2,2H3;/q-1;+1. The van der Waals surface area contributed by atoms with Gasteiger partial charge in [0.05, 0.1) is 0 Å². The maximum atomic E-state index is 11.3. The van der Waals surface area contributed by atoms with Gasteiger partial charge in [-0.05, 0) is 12.5 Å². The molecular formula is C5H5BF3K. The molecule has 0 unspecified atom stereocenters. The van der Waals surface area contributed by atoms with Crippen LogP contribution in [0.1, 0.15) is 6.92 Å². The van der Waals surface area contributed by atoms with Gasteiger partial charge in [-0.25, -0.2) is 0 Å². The monoisotopic (exact) mass is 172 g/mol. The molecule has 50 valence electrons. The molecule has 0 aromatic heterocycles. The van der Waals surface area contributed by atoms with Gasteiger partial charge in [-0.2, -0.15) is 5.82 Å². The summed E-state index contributed by atoms with van der Waals surface area (Å²) in [4.78, 5) is 0. The van der Waals surface area contributed by atoms with Gasteiger partial charge >= 0.3 is 58.4 Å². The van der Waals surface area contributed by atoms with E-state index in [1.165, 1.54) is 6.92 Å². The molecule has 0 aliphatic carbocycles. The Balaban J connectivity index is 0. The van der Waals surface area contributed by atoms with Crippen molar-refractivity contribution in [2.75, 3.05) is 0 Å². The van der Waals surface area contributed by atoms with Gasteiger partial charge in [-0.15, -0.1) is 5.92 Å². The SMILES string of the molecule is C=C(C)C#C[B-](F)(F)F.[K+]. The minimum absolute atomic E-state index is 0. The summed E-state index contributed by atoms with van der Waals surface area (Å²) in [6, 6.07) is 0. The molecule has 0 radical (unpaired) electrons. The van der Waals surface area contributed by atoms with Crippen molar-refractivity contribution in [2.45, 2.75) is 6.92 Å². The van der Waals surface area contributed by atoms with Gasteiger partial charge in [0.1, 0.15) is 0 Å². The minimum atomic E-state index is -4.95. The average Bonchev–Trinajstić information content (AvgIpc) is 1.59. The Hall–Kier alpha value is 0.791. The zero-order chi connectivity index (χ0) is 7.49. The van der Waals surface area contributed by atoms with Crippen LogP contribution in [0.5, 0.6) is 0 Å². The molecular weight excluding hydrogens is 167 g/mol. The smallest absolute Gasteiger partial charge is 0.438 e. The molecule has 0 atom stereocenters. The van der Waals surface area contributed by atoms with Crippen molar-refractivity contribution in [1.29, 1.82) is 0 Å². The van der Waals surface area contributed by atoms with Gasteiger partial charge in [-0.3, -0.25) is 0 Å². The van der Waals surface area contributed by atoms with Gasteiger partial charge in [0.2, 0.25) is 0 Å². The number of hydrogen-bond donors (Lipinski definition) is 0. The van der Waals surface area contributed by atoms with Crippen LogP contribution in [0.4, 0.5) is 12.9 Å². The normalized spacial score (nSPS) is 8.80. The van der Waals surface area contributed by atoms with Crippen molar-refractivity contribution in [3.63, 3.8) is 0 Å². The first-order chi connectivity index (χ1) is 3.92. The van der Waals surface area contributed by atoms with E-state index >= 15 is 0 Å². The molecule has 0 spiro atoms. The molecule has 0 nitrogen and oxygen atoms in total. The molecule has 0 N–H and O–H groups in total. The van der Waals surface area contributed by atoms with Crippen LogP contribution in [0.3, 0.4) is 0 Å². The fourth-order valence-electron chi connectivity index (χ4n) is 0.205. The van der Waals surface area contributed by atoms with E-state index in [2.05, 4.69) is 6.58 Å². The fourth-order valence-corrected chi connectivity index (χ4v) is 0.205. The maximum absolute atomic E-state index is 11.3. The zero-order valence-corrected chi connectivity index (χ0v) is 9.04. The summed E-state index contributed by atoms with van der Waals surface area (Å²) in [5, 5.41) is 0. The number of hydrogen-bond acceptors (Lipinski definition) is 0. The molecule has 0 bridgehead atoms. The van der Waals surface area contributed by atoms with E-state index in [4.69, 9.17) is 0 Å². The maximum Gasteiger partial charge on any atom is 1.00 e. The van der Waals surface area contributed by atoms with Crippen molar-refractivity contribution >= 4 is 6.98 Å². The van der Waals surface area contributed by atoms with E-state index in [-0.39, 0.29) is 57.0 Å². The summed E-state index contributed by atoms with van der Waals surface area (Å²) < 4.78 is 33.8. The Bertz CT molecular complexity index is 174. The molecule has 0 fully saturated rings. The molecule has 0 heterocycles. The van der Waals surface area contributed by atoms with Crippen LogP contribution < -0.4 is 51.4 Å². The number of allylic oxidation sites excluding steroid dienone is 1. The Morgan fingerprint density at radius 1 is 1.40 bits per heavy atom. The second-order valence-corrected chi connectivity index (χ2v) is 1.62. The van der Waals surface area contributed by atoms with Crippen LogP contribution in [0, 0.1) is 11.7 Å². The first-order valence-corrected chi connectivity index (χ1v) is 2.30. The second kappa shape index (κ2) is 5.44. The Morgan fingerprint density at radius 2 is 1.80 bits per heavy atom. The third-order valence-electron chi connectivity index (χ3n) is 0.449. The molecule has 0 saturated carbocycles. The van der Waals surface area contributed by atoms with E-state index in [9.17, 15) is 12.9 Å². The number of halogens is 3. The van der Waals surface area contributed by atoms with Crippen LogP contribution in [0.2, 0.25) is 0 Å². The van der Waals surface area contributed by atoms with E-state index in [1.807, 2.05) is 5.92 Å². The fraction of sp³-hybridized carbons (Fsp3) is 0.200. The van der Waals surface area contributed by atoms with E-state index in [0.717, 1.165) is 5.82 Å². The largest absolute Gasteiger partial charge is 1.00 e. The Morgan fingerprint density at radius 3 is 1.90 bits per heavy atom.